The molecule has 1 atom stereocenters. The zero-order valence-corrected chi connectivity index (χ0v) is 11.9. The first-order valence-electron chi connectivity index (χ1n) is 5.90. The monoisotopic (exact) mass is 309 g/mol. The van der Waals surface area contributed by atoms with Crippen LogP contribution in [0.15, 0.2) is 18.2 Å². The molecule has 112 valence electrons. The summed E-state index contributed by atoms with van der Waals surface area (Å²) in [7, 11) is 0. The maximum absolute atomic E-state index is 13.7. The van der Waals surface area contributed by atoms with Crippen LogP contribution in [-0.4, -0.2) is 24.5 Å². The van der Waals surface area contributed by atoms with Gasteiger partial charge < -0.3 is 5.32 Å². The predicted molar refractivity (Wildman–Crippen MR) is 71.3 cm³/mol. The highest BCUT2D eigenvalue weighted by Gasteiger charge is 2.35. The summed E-state index contributed by atoms with van der Waals surface area (Å²) < 4.78 is 51.3. The lowest BCUT2D eigenvalue weighted by molar-refractivity contribution is -0.140. The molecule has 20 heavy (non-hydrogen) atoms. The fraction of sp³-hybridized carbons (Fsp3) is 0.462. The van der Waals surface area contributed by atoms with Crippen molar-refractivity contribution < 1.29 is 22.4 Å². The normalized spacial score (nSPS) is 13.1. The Morgan fingerprint density at radius 2 is 2.05 bits per heavy atom. The average molecular weight is 309 g/mol. The molecule has 1 rings (SSSR count). The first kappa shape index (κ1) is 16.8. The number of hydrogen-bond donors (Lipinski definition) is 1. The van der Waals surface area contributed by atoms with Crippen LogP contribution >= 0.6 is 11.8 Å². The van der Waals surface area contributed by atoms with Gasteiger partial charge in [-0.3, -0.25) is 4.79 Å². The lowest BCUT2D eigenvalue weighted by atomic mass is 10.1. The van der Waals surface area contributed by atoms with Crippen LogP contribution in [0.3, 0.4) is 0 Å². The zero-order valence-electron chi connectivity index (χ0n) is 11.1. The van der Waals surface area contributed by atoms with Crippen LogP contribution in [0.1, 0.15) is 22.8 Å². The van der Waals surface area contributed by atoms with Gasteiger partial charge in [-0.25, -0.2) is 4.39 Å². The number of alkyl halides is 3. The minimum absolute atomic E-state index is 0.155. The van der Waals surface area contributed by atoms with Crippen molar-refractivity contribution in [3.8, 4) is 0 Å². The topological polar surface area (TPSA) is 29.1 Å². The second-order valence-corrected chi connectivity index (χ2v) is 5.35. The standard InChI is InChI=1S/C13H15F4NOS/c1-8(7-20-2)6-18-12(19)9-4-3-5-10(11(9)14)13(15,16)17/h3-5,8H,6-7H2,1-2H3,(H,18,19). The van der Waals surface area contributed by atoms with Crippen molar-refractivity contribution in [2.24, 2.45) is 5.92 Å². The molecule has 1 aromatic carbocycles. The van der Waals surface area contributed by atoms with E-state index in [2.05, 4.69) is 5.32 Å². The Bertz CT molecular complexity index is 476. The number of rotatable bonds is 5. The second-order valence-electron chi connectivity index (χ2n) is 4.44. The van der Waals surface area contributed by atoms with Gasteiger partial charge in [-0.2, -0.15) is 24.9 Å². The quantitative estimate of drug-likeness (QED) is 0.843. The largest absolute Gasteiger partial charge is 0.419 e. The molecule has 2 nitrogen and oxygen atoms in total. The molecule has 1 unspecified atom stereocenters. The molecule has 0 saturated heterocycles. The van der Waals surface area contributed by atoms with Gasteiger partial charge in [-0.1, -0.05) is 13.0 Å². The summed E-state index contributed by atoms with van der Waals surface area (Å²) in [5.74, 6) is -1.41. The van der Waals surface area contributed by atoms with Crippen molar-refractivity contribution in [1.29, 1.82) is 0 Å². The van der Waals surface area contributed by atoms with E-state index in [-0.39, 0.29) is 12.5 Å². The number of hydrogen-bond acceptors (Lipinski definition) is 2. The Morgan fingerprint density at radius 1 is 1.40 bits per heavy atom. The summed E-state index contributed by atoms with van der Waals surface area (Å²) in [6.45, 7) is 2.18. The number of amides is 1. The lowest BCUT2D eigenvalue weighted by Gasteiger charge is -2.13. The van der Waals surface area contributed by atoms with E-state index in [1.165, 1.54) is 0 Å². The number of nitrogens with one attached hydrogen (secondary N) is 1. The van der Waals surface area contributed by atoms with E-state index >= 15 is 0 Å². The molecule has 7 heteroatoms. The third-order valence-electron chi connectivity index (χ3n) is 2.61. The molecule has 0 spiro atoms. The van der Waals surface area contributed by atoms with Crippen LogP contribution in [0.2, 0.25) is 0 Å². The Morgan fingerprint density at radius 3 is 2.60 bits per heavy atom. The van der Waals surface area contributed by atoms with E-state index in [0.29, 0.717) is 6.07 Å². The van der Waals surface area contributed by atoms with Crippen LogP contribution in [-0.2, 0) is 6.18 Å². The minimum atomic E-state index is -4.81. The first-order chi connectivity index (χ1) is 9.27. The summed E-state index contributed by atoms with van der Waals surface area (Å²) in [4.78, 5) is 11.7. The smallest absolute Gasteiger partial charge is 0.352 e. The predicted octanol–water partition coefficient (Wildman–Crippen LogP) is 3.57. The van der Waals surface area contributed by atoms with Crippen molar-refractivity contribution in [3.63, 3.8) is 0 Å². The molecule has 1 amide bonds. The van der Waals surface area contributed by atoms with Gasteiger partial charge in [0.2, 0.25) is 0 Å². The number of halogens is 4. The van der Waals surface area contributed by atoms with Crippen LogP contribution < -0.4 is 5.32 Å². The van der Waals surface area contributed by atoms with Gasteiger partial charge >= 0.3 is 6.18 Å². The molecule has 1 aromatic rings. The Kier molecular flexibility index (Phi) is 5.86. The van der Waals surface area contributed by atoms with Crippen LogP contribution in [0.25, 0.3) is 0 Å². The molecule has 0 radical (unpaired) electrons. The van der Waals surface area contributed by atoms with Crippen LogP contribution in [0.4, 0.5) is 17.6 Å². The average Bonchev–Trinajstić information content (AvgIpc) is 2.35. The minimum Gasteiger partial charge on any atom is -0.352 e. The van der Waals surface area contributed by atoms with E-state index in [1.807, 2.05) is 13.2 Å². The van der Waals surface area contributed by atoms with Gasteiger partial charge in [0.1, 0.15) is 5.82 Å². The highest BCUT2D eigenvalue weighted by Crippen LogP contribution is 2.32. The van der Waals surface area contributed by atoms with E-state index in [1.54, 1.807) is 11.8 Å². The van der Waals surface area contributed by atoms with Crippen molar-refractivity contribution in [2.45, 2.75) is 13.1 Å². The Balaban J connectivity index is 2.84. The summed E-state index contributed by atoms with van der Waals surface area (Å²) in [5, 5.41) is 2.44. The molecule has 0 saturated carbocycles. The van der Waals surface area contributed by atoms with Crippen LogP contribution in [0.5, 0.6) is 0 Å². The third kappa shape index (κ3) is 4.40. The molecule has 0 heterocycles. The van der Waals surface area contributed by atoms with Gasteiger partial charge in [0.05, 0.1) is 11.1 Å². The van der Waals surface area contributed by atoms with Gasteiger partial charge in [0.15, 0.2) is 0 Å². The molecular weight excluding hydrogens is 294 g/mol. The van der Waals surface area contributed by atoms with Crippen molar-refractivity contribution in [2.75, 3.05) is 18.6 Å². The van der Waals surface area contributed by atoms with Crippen molar-refractivity contribution >= 4 is 17.7 Å². The Hall–Kier alpha value is -1.24. The van der Waals surface area contributed by atoms with Gasteiger partial charge in [-0.05, 0) is 30.1 Å². The third-order valence-corrected chi connectivity index (χ3v) is 3.51. The molecule has 0 aromatic heterocycles. The number of thioether (sulfide) groups is 1. The fourth-order valence-corrected chi connectivity index (χ4v) is 2.32. The van der Waals surface area contributed by atoms with E-state index in [0.717, 1.165) is 17.9 Å². The fourth-order valence-electron chi connectivity index (χ4n) is 1.63. The van der Waals surface area contributed by atoms with Crippen molar-refractivity contribution in [3.05, 3.63) is 35.1 Å². The maximum Gasteiger partial charge on any atom is 0.419 e. The summed E-state index contributed by atoms with van der Waals surface area (Å²) in [6.07, 6.45) is -2.91. The SMILES string of the molecule is CSCC(C)CNC(=O)c1cccc(C(F)(F)F)c1F. The summed E-state index contributed by atoms with van der Waals surface area (Å²) >= 11 is 1.59. The van der Waals surface area contributed by atoms with E-state index in [9.17, 15) is 22.4 Å². The van der Waals surface area contributed by atoms with E-state index in [4.69, 9.17) is 0 Å². The Labute approximate surface area is 118 Å². The molecular formula is C13H15F4NOS. The molecule has 0 aliphatic carbocycles. The molecule has 0 aliphatic rings. The van der Waals surface area contributed by atoms with E-state index < -0.39 is 29.0 Å². The zero-order chi connectivity index (χ0) is 15.3. The van der Waals surface area contributed by atoms with Gasteiger partial charge in [0.25, 0.3) is 5.91 Å². The first-order valence-corrected chi connectivity index (χ1v) is 7.29. The van der Waals surface area contributed by atoms with Crippen molar-refractivity contribution in [1.82, 2.24) is 5.32 Å². The summed E-state index contributed by atoms with van der Waals surface area (Å²) in [6, 6.07) is 2.67. The molecule has 0 fully saturated rings. The molecule has 0 aliphatic heterocycles. The molecule has 1 N–H and O–H groups in total. The maximum atomic E-state index is 13.7. The highest BCUT2D eigenvalue weighted by molar-refractivity contribution is 7.98. The second kappa shape index (κ2) is 6.97. The number of benzene rings is 1. The highest BCUT2D eigenvalue weighted by atomic mass is 32.2. The number of carbonyl (C=O) groups is 1. The van der Waals surface area contributed by atoms with Crippen LogP contribution in [0, 0.1) is 11.7 Å². The summed E-state index contributed by atoms with van der Waals surface area (Å²) in [5.41, 5.74) is -2.02. The van der Waals surface area contributed by atoms with Gasteiger partial charge in [0, 0.05) is 6.54 Å². The number of carbonyl (C=O) groups excluding carboxylic acids is 1. The lowest BCUT2D eigenvalue weighted by Crippen LogP contribution is -2.30. The molecule has 0 bridgehead atoms. The van der Waals surface area contributed by atoms with Gasteiger partial charge in [-0.15, -0.1) is 0 Å².